The smallest absolute Gasteiger partial charge is 0.141 e. The molecule has 0 aliphatic carbocycles. The third-order valence-electron chi connectivity index (χ3n) is 1.40. The fourth-order valence-corrected chi connectivity index (χ4v) is 0.748. The summed E-state index contributed by atoms with van der Waals surface area (Å²) in [4.78, 5) is 7.90. The molecule has 0 aliphatic rings. The van der Waals surface area contributed by atoms with Crippen LogP contribution in [-0.2, 0) is 0 Å². The van der Waals surface area contributed by atoms with Crippen molar-refractivity contribution >= 4 is 5.82 Å². The van der Waals surface area contributed by atoms with Gasteiger partial charge in [0.05, 0.1) is 12.4 Å². The van der Waals surface area contributed by atoms with Gasteiger partial charge in [-0.1, -0.05) is 19.8 Å². The fraction of sp³-hybridized carbons (Fsp3) is 0.400. The molecule has 0 amide bonds. The summed E-state index contributed by atoms with van der Waals surface area (Å²) in [6.45, 7) is 4.26. The standard InChI is InChI=1S/C10H13N3/c1-8(2)4-3-5-9-6-13-10(11)7-12-9/h6-8H,4H2,1-2H3,(H2,11,13). The van der Waals surface area contributed by atoms with Crippen LogP contribution in [0.15, 0.2) is 12.4 Å². The molecule has 0 saturated carbocycles. The van der Waals surface area contributed by atoms with E-state index in [-0.39, 0.29) is 0 Å². The van der Waals surface area contributed by atoms with Gasteiger partial charge in [0.1, 0.15) is 11.5 Å². The summed E-state index contributed by atoms with van der Waals surface area (Å²) >= 11 is 0. The van der Waals surface area contributed by atoms with Gasteiger partial charge in [-0.25, -0.2) is 9.97 Å². The maximum atomic E-state index is 5.38. The number of hydrogen-bond acceptors (Lipinski definition) is 3. The molecule has 68 valence electrons. The fourth-order valence-electron chi connectivity index (χ4n) is 0.748. The number of nitrogens with zero attached hydrogens (tertiary/aromatic N) is 2. The van der Waals surface area contributed by atoms with E-state index in [2.05, 4.69) is 35.7 Å². The number of rotatable bonds is 1. The van der Waals surface area contributed by atoms with Crippen molar-refractivity contribution in [2.24, 2.45) is 5.92 Å². The highest BCUT2D eigenvalue weighted by Crippen LogP contribution is 1.97. The zero-order chi connectivity index (χ0) is 9.68. The first kappa shape index (κ1) is 9.53. The van der Waals surface area contributed by atoms with Crippen LogP contribution in [-0.4, -0.2) is 9.97 Å². The molecule has 0 spiro atoms. The number of nitrogens with two attached hydrogens (primary N) is 1. The molecule has 1 rings (SSSR count). The number of hydrogen-bond donors (Lipinski definition) is 1. The van der Waals surface area contributed by atoms with Crippen LogP contribution in [0.2, 0.25) is 0 Å². The van der Waals surface area contributed by atoms with Crippen LogP contribution < -0.4 is 5.73 Å². The molecule has 3 nitrogen and oxygen atoms in total. The molecular weight excluding hydrogens is 162 g/mol. The predicted octanol–water partition coefficient (Wildman–Crippen LogP) is 1.46. The van der Waals surface area contributed by atoms with Crippen molar-refractivity contribution in [3.63, 3.8) is 0 Å². The minimum absolute atomic E-state index is 0.425. The van der Waals surface area contributed by atoms with E-state index in [0.717, 1.165) is 6.42 Å². The average molecular weight is 175 g/mol. The second-order valence-corrected chi connectivity index (χ2v) is 3.23. The molecule has 0 atom stereocenters. The minimum Gasteiger partial charge on any atom is -0.382 e. The van der Waals surface area contributed by atoms with Crippen molar-refractivity contribution in [3.05, 3.63) is 18.1 Å². The second kappa shape index (κ2) is 4.46. The molecule has 0 fully saturated rings. The first-order valence-corrected chi connectivity index (χ1v) is 4.25. The van der Waals surface area contributed by atoms with E-state index in [1.54, 1.807) is 6.20 Å². The molecular formula is C10H13N3. The van der Waals surface area contributed by atoms with Gasteiger partial charge < -0.3 is 5.73 Å². The predicted molar refractivity (Wildman–Crippen MR) is 52.8 cm³/mol. The Labute approximate surface area is 78.4 Å². The van der Waals surface area contributed by atoms with Crippen molar-refractivity contribution in [2.45, 2.75) is 20.3 Å². The molecule has 0 radical (unpaired) electrons. The largest absolute Gasteiger partial charge is 0.382 e. The molecule has 0 unspecified atom stereocenters. The molecule has 1 aromatic heterocycles. The van der Waals surface area contributed by atoms with Crippen LogP contribution in [0.25, 0.3) is 0 Å². The first-order valence-electron chi connectivity index (χ1n) is 4.25. The Kier molecular flexibility index (Phi) is 3.27. The molecule has 1 aromatic rings. The van der Waals surface area contributed by atoms with Crippen LogP contribution in [0.3, 0.4) is 0 Å². The first-order chi connectivity index (χ1) is 6.18. The van der Waals surface area contributed by atoms with Gasteiger partial charge in [0, 0.05) is 6.42 Å². The van der Waals surface area contributed by atoms with Crippen LogP contribution in [0, 0.1) is 17.8 Å². The van der Waals surface area contributed by atoms with Crippen molar-refractivity contribution in [3.8, 4) is 11.8 Å². The van der Waals surface area contributed by atoms with Crippen molar-refractivity contribution in [1.82, 2.24) is 9.97 Å². The zero-order valence-corrected chi connectivity index (χ0v) is 7.91. The topological polar surface area (TPSA) is 51.8 Å². The van der Waals surface area contributed by atoms with Crippen LogP contribution >= 0.6 is 0 Å². The molecule has 0 aromatic carbocycles. The van der Waals surface area contributed by atoms with Crippen LogP contribution in [0.1, 0.15) is 26.0 Å². The van der Waals surface area contributed by atoms with Gasteiger partial charge >= 0.3 is 0 Å². The molecule has 0 bridgehead atoms. The third-order valence-corrected chi connectivity index (χ3v) is 1.40. The van der Waals surface area contributed by atoms with Crippen LogP contribution in [0.4, 0.5) is 5.82 Å². The summed E-state index contributed by atoms with van der Waals surface area (Å²) in [5.74, 6) is 6.97. The molecule has 0 aliphatic heterocycles. The lowest BCUT2D eigenvalue weighted by Gasteiger charge is -1.93. The van der Waals surface area contributed by atoms with Crippen molar-refractivity contribution in [1.29, 1.82) is 0 Å². The molecule has 0 saturated heterocycles. The molecule has 1 heterocycles. The monoisotopic (exact) mass is 175 g/mol. The SMILES string of the molecule is CC(C)CC#Cc1cnc(N)cn1. The highest BCUT2D eigenvalue weighted by Gasteiger charge is 1.90. The Morgan fingerprint density at radius 1 is 1.38 bits per heavy atom. The van der Waals surface area contributed by atoms with E-state index in [1.807, 2.05) is 0 Å². The van der Waals surface area contributed by atoms with Gasteiger partial charge in [0.15, 0.2) is 0 Å². The van der Waals surface area contributed by atoms with Crippen LogP contribution in [0.5, 0.6) is 0 Å². The van der Waals surface area contributed by atoms with Gasteiger partial charge in [0.25, 0.3) is 0 Å². The van der Waals surface area contributed by atoms with E-state index in [9.17, 15) is 0 Å². The normalized spacial score (nSPS) is 9.46. The summed E-state index contributed by atoms with van der Waals surface area (Å²) in [7, 11) is 0. The Bertz CT molecular complexity index is 316. The summed E-state index contributed by atoms with van der Waals surface area (Å²) < 4.78 is 0. The van der Waals surface area contributed by atoms with Gasteiger partial charge in [-0.05, 0) is 11.8 Å². The lowest BCUT2D eigenvalue weighted by Crippen LogP contribution is -1.92. The summed E-state index contributed by atoms with van der Waals surface area (Å²) in [5.41, 5.74) is 6.06. The van der Waals surface area contributed by atoms with E-state index >= 15 is 0 Å². The van der Waals surface area contributed by atoms with Gasteiger partial charge in [-0.15, -0.1) is 0 Å². The maximum Gasteiger partial charge on any atom is 0.141 e. The van der Waals surface area contributed by atoms with Gasteiger partial charge in [-0.3, -0.25) is 0 Å². The number of anilines is 1. The molecule has 13 heavy (non-hydrogen) atoms. The van der Waals surface area contributed by atoms with E-state index in [4.69, 9.17) is 5.73 Å². The molecule has 2 N–H and O–H groups in total. The van der Waals surface area contributed by atoms with E-state index in [1.165, 1.54) is 6.20 Å². The maximum absolute atomic E-state index is 5.38. The summed E-state index contributed by atoms with van der Waals surface area (Å²) in [6, 6.07) is 0. The lowest BCUT2D eigenvalue weighted by molar-refractivity contribution is 0.676. The highest BCUT2D eigenvalue weighted by atomic mass is 14.9. The Morgan fingerprint density at radius 3 is 2.69 bits per heavy atom. The van der Waals surface area contributed by atoms with Gasteiger partial charge in [0.2, 0.25) is 0 Å². The van der Waals surface area contributed by atoms with Crippen molar-refractivity contribution < 1.29 is 0 Å². The van der Waals surface area contributed by atoms with E-state index in [0.29, 0.717) is 17.4 Å². The Hall–Kier alpha value is -1.56. The van der Waals surface area contributed by atoms with Gasteiger partial charge in [-0.2, -0.15) is 0 Å². The summed E-state index contributed by atoms with van der Waals surface area (Å²) in [6.07, 6.45) is 3.98. The second-order valence-electron chi connectivity index (χ2n) is 3.23. The quantitative estimate of drug-likeness (QED) is 0.657. The highest BCUT2D eigenvalue weighted by molar-refractivity contribution is 5.30. The third kappa shape index (κ3) is 3.57. The number of aromatic nitrogens is 2. The van der Waals surface area contributed by atoms with Crippen molar-refractivity contribution in [2.75, 3.05) is 5.73 Å². The minimum atomic E-state index is 0.425. The lowest BCUT2D eigenvalue weighted by atomic mass is 10.1. The zero-order valence-electron chi connectivity index (χ0n) is 7.91. The number of nitrogen functional groups attached to an aromatic ring is 1. The molecule has 3 heteroatoms. The summed E-state index contributed by atoms with van der Waals surface area (Å²) in [5, 5.41) is 0. The van der Waals surface area contributed by atoms with E-state index < -0.39 is 0 Å². The Morgan fingerprint density at radius 2 is 2.15 bits per heavy atom. The Balaban J connectivity index is 2.62. The average Bonchev–Trinajstić information content (AvgIpc) is 2.08.